The minimum atomic E-state index is 0.633. The highest BCUT2D eigenvalue weighted by molar-refractivity contribution is 7.14. The molecule has 0 amide bonds. The van der Waals surface area contributed by atoms with Gasteiger partial charge in [-0.15, -0.1) is 10.2 Å². The van der Waals surface area contributed by atoms with E-state index in [1.54, 1.807) is 17.5 Å². The third kappa shape index (κ3) is 3.73. The van der Waals surface area contributed by atoms with Gasteiger partial charge in [-0.1, -0.05) is 29.9 Å². The van der Waals surface area contributed by atoms with Gasteiger partial charge in [0, 0.05) is 12.6 Å². The Bertz CT molecular complexity index is 483. The Labute approximate surface area is 115 Å². The molecule has 96 valence electrons. The highest BCUT2D eigenvalue weighted by Gasteiger charge is 2.07. The lowest BCUT2D eigenvalue weighted by Crippen LogP contribution is -2.14. The molecule has 0 spiro atoms. The van der Waals surface area contributed by atoms with Crippen LogP contribution in [0.2, 0.25) is 5.02 Å². The number of nitrogens with zero attached hydrogens (tertiary/aromatic N) is 3. The summed E-state index contributed by atoms with van der Waals surface area (Å²) >= 11 is 7.39. The maximum absolute atomic E-state index is 5.80. The summed E-state index contributed by atoms with van der Waals surface area (Å²) in [4.78, 5) is 4.24. The van der Waals surface area contributed by atoms with Crippen molar-refractivity contribution in [3.05, 3.63) is 28.4 Å². The summed E-state index contributed by atoms with van der Waals surface area (Å²) in [5, 5.41) is 14.2. The van der Waals surface area contributed by atoms with Crippen molar-refractivity contribution >= 4 is 22.9 Å². The minimum absolute atomic E-state index is 0.633. The Balaban J connectivity index is 1.95. The average molecular weight is 283 g/mol. The summed E-state index contributed by atoms with van der Waals surface area (Å²) in [5.74, 6) is 0. The zero-order chi connectivity index (χ0) is 12.8. The van der Waals surface area contributed by atoms with E-state index < -0.39 is 0 Å². The second-order valence-electron chi connectivity index (χ2n) is 3.82. The molecular formula is C12H15ClN4S. The van der Waals surface area contributed by atoms with Crippen LogP contribution in [0.1, 0.15) is 18.4 Å². The number of aromatic nitrogens is 3. The molecule has 0 aliphatic heterocycles. The van der Waals surface area contributed by atoms with Crippen LogP contribution in [0.25, 0.3) is 10.7 Å². The van der Waals surface area contributed by atoms with Crippen LogP contribution in [-0.2, 0) is 6.42 Å². The molecule has 2 heterocycles. The van der Waals surface area contributed by atoms with Crippen molar-refractivity contribution < 1.29 is 0 Å². The van der Waals surface area contributed by atoms with E-state index in [-0.39, 0.29) is 0 Å². The fourth-order valence-corrected chi connectivity index (χ4v) is 2.47. The second-order valence-corrected chi connectivity index (χ2v) is 5.32. The molecule has 0 aliphatic rings. The summed E-state index contributed by atoms with van der Waals surface area (Å²) < 4.78 is 0. The van der Waals surface area contributed by atoms with E-state index in [1.807, 2.05) is 12.1 Å². The first-order chi connectivity index (χ1) is 8.79. The van der Waals surface area contributed by atoms with E-state index in [1.165, 1.54) is 0 Å². The highest BCUT2D eigenvalue weighted by atomic mass is 35.5. The van der Waals surface area contributed by atoms with Gasteiger partial charge in [-0.2, -0.15) is 0 Å². The van der Waals surface area contributed by atoms with Gasteiger partial charge < -0.3 is 5.32 Å². The molecule has 0 atom stereocenters. The summed E-state index contributed by atoms with van der Waals surface area (Å²) in [7, 11) is 0. The molecule has 4 nitrogen and oxygen atoms in total. The fourth-order valence-electron chi connectivity index (χ4n) is 1.50. The lowest BCUT2D eigenvalue weighted by atomic mass is 10.3. The van der Waals surface area contributed by atoms with E-state index in [0.717, 1.165) is 41.6 Å². The van der Waals surface area contributed by atoms with E-state index >= 15 is 0 Å². The standard InChI is InChI=1S/C12H15ClN4S/c1-2-14-7-3-4-11-16-17-12(18-11)10-6-5-9(13)8-15-10/h5-6,8,14H,2-4,7H2,1H3. The molecule has 0 bridgehead atoms. The van der Waals surface area contributed by atoms with Crippen LogP contribution in [-0.4, -0.2) is 28.3 Å². The van der Waals surface area contributed by atoms with E-state index in [2.05, 4.69) is 27.4 Å². The van der Waals surface area contributed by atoms with Gasteiger partial charge in [0.1, 0.15) is 10.7 Å². The Morgan fingerprint density at radius 2 is 2.22 bits per heavy atom. The molecule has 0 aliphatic carbocycles. The van der Waals surface area contributed by atoms with Crippen molar-refractivity contribution in [2.24, 2.45) is 0 Å². The van der Waals surface area contributed by atoms with Crippen molar-refractivity contribution in [2.75, 3.05) is 13.1 Å². The number of aryl methyl sites for hydroxylation is 1. The molecule has 18 heavy (non-hydrogen) atoms. The quantitative estimate of drug-likeness (QED) is 0.828. The molecular weight excluding hydrogens is 268 g/mol. The maximum Gasteiger partial charge on any atom is 0.166 e. The van der Waals surface area contributed by atoms with Gasteiger partial charge in [0.15, 0.2) is 5.01 Å². The lowest BCUT2D eigenvalue weighted by Gasteiger charge is -1.97. The number of halogens is 1. The molecule has 0 aromatic carbocycles. The molecule has 0 radical (unpaired) electrons. The van der Waals surface area contributed by atoms with Gasteiger partial charge in [0.2, 0.25) is 0 Å². The molecule has 0 saturated heterocycles. The summed E-state index contributed by atoms with van der Waals surface area (Å²) in [5.41, 5.74) is 0.829. The number of hydrogen-bond acceptors (Lipinski definition) is 5. The number of hydrogen-bond donors (Lipinski definition) is 1. The van der Waals surface area contributed by atoms with E-state index in [0.29, 0.717) is 5.02 Å². The van der Waals surface area contributed by atoms with Crippen LogP contribution in [0.15, 0.2) is 18.3 Å². The first-order valence-electron chi connectivity index (χ1n) is 5.94. The lowest BCUT2D eigenvalue weighted by molar-refractivity contribution is 0.669. The average Bonchev–Trinajstić information content (AvgIpc) is 2.84. The Morgan fingerprint density at radius 3 is 2.94 bits per heavy atom. The predicted molar refractivity (Wildman–Crippen MR) is 75.0 cm³/mol. The fraction of sp³-hybridized carbons (Fsp3) is 0.417. The van der Waals surface area contributed by atoms with E-state index in [4.69, 9.17) is 11.6 Å². The van der Waals surface area contributed by atoms with Crippen LogP contribution in [0.4, 0.5) is 0 Å². The van der Waals surface area contributed by atoms with Gasteiger partial charge in [-0.25, -0.2) is 0 Å². The maximum atomic E-state index is 5.80. The van der Waals surface area contributed by atoms with Gasteiger partial charge in [-0.3, -0.25) is 4.98 Å². The predicted octanol–water partition coefficient (Wildman–Crippen LogP) is 2.80. The van der Waals surface area contributed by atoms with Crippen molar-refractivity contribution in [3.63, 3.8) is 0 Å². The molecule has 6 heteroatoms. The molecule has 2 aromatic rings. The molecule has 0 unspecified atom stereocenters. The zero-order valence-corrected chi connectivity index (χ0v) is 11.8. The van der Waals surface area contributed by atoms with Gasteiger partial charge in [-0.05, 0) is 31.6 Å². The first kappa shape index (κ1) is 13.4. The molecule has 0 fully saturated rings. The Kier molecular flexibility index (Phi) is 5.04. The molecule has 0 saturated carbocycles. The van der Waals surface area contributed by atoms with Crippen molar-refractivity contribution in [3.8, 4) is 10.7 Å². The topological polar surface area (TPSA) is 50.7 Å². The van der Waals surface area contributed by atoms with Gasteiger partial charge in [0.05, 0.1) is 5.02 Å². The molecule has 2 aromatic heterocycles. The Morgan fingerprint density at radius 1 is 1.33 bits per heavy atom. The molecule has 1 N–H and O–H groups in total. The zero-order valence-electron chi connectivity index (χ0n) is 10.2. The normalized spacial score (nSPS) is 10.8. The van der Waals surface area contributed by atoms with Crippen LogP contribution in [0.3, 0.4) is 0 Å². The first-order valence-corrected chi connectivity index (χ1v) is 7.14. The summed E-state index contributed by atoms with van der Waals surface area (Å²) in [6.07, 6.45) is 3.66. The summed E-state index contributed by atoms with van der Waals surface area (Å²) in [6.45, 7) is 4.13. The monoisotopic (exact) mass is 282 g/mol. The van der Waals surface area contributed by atoms with Gasteiger partial charge in [0.25, 0.3) is 0 Å². The third-order valence-electron chi connectivity index (χ3n) is 2.41. The smallest absolute Gasteiger partial charge is 0.166 e. The van der Waals surface area contributed by atoms with Crippen molar-refractivity contribution in [1.29, 1.82) is 0 Å². The van der Waals surface area contributed by atoms with Crippen LogP contribution in [0.5, 0.6) is 0 Å². The van der Waals surface area contributed by atoms with Crippen molar-refractivity contribution in [2.45, 2.75) is 19.8 Å². The molecule has 2 rings (SSSR count). The largest absolute Gasteiger partial charge is 0.317 e. The third-order valence-corrected chi connectivity index (χ3v) is 3.64. The summed E-state index contributed by atoms with van der Waals surface area (Å²) in [6, 6.07) is 3.68. The second kappa shape index (κ2) is 6.78. The van der Waals surface area contributed by atoms with Crippen molar-refractivity contribution in [1.82, 2.24) is 20.5 Å². The van der Waals surface area contributed by atoms with Crippen LogP contribution >= 0.6 is 22.9 Å². The highest BCUT2D eigenvalue weighted by Crippen LogP contribution is 2.23. The minimum Gasteiger partial charge on any atom is -0.317 e. The van der Waals surface area contributed by atoms with Crippen LogP contribution in [0, 0.1) is 0 Å². The number of nitrogens with one attached hydrogen (secondary N) is 1. The number of pyridine rings is 1. The number of rotatable bonds is 6. The SMILES string of the molecule is CCNCCCc1nnc(-c2ccc(Cl)cn2)s1. The van der Waals surface area contributed by atoms with E-state index in [9.17, 15) is 0 Å². The van der Waals surface area contributed by atoms with Crippen LogP contribution < -0.4 is 5.32 Å². The Hall–Kier alpha value is -1.04. The van der Waals surface area contributed by atoms with Gasteiger partial charge >= 0.3 is 0 Å².